The standard InChI is InChI=1S/C21H23F2N5O5S2/c1-5-21(3,19(29)30)33-16-9-15(27-35(31,32)17-10-28(4)12(2)24-17)25-20(26-16)34-11-13-7-6-8-14(22)18(13)23/h6-10H,5,11H2,1-4H3,(H,29,30)(H,25,26,27)/t21-/m1/s1. The number of rotatable bonds is 10. The number of aromatic nitrogens is 4. The van der Waals surface area contributed by atoms with Crippen LogP contribution in [0.25, 0.3) is 0 Å². The van der Waals surface area contributed by atoms with Crippen LogP contribution in [0.15, 0.2) is 40.6 Å². The fraction of sp³-hybridized carbons (Fsp3) is 0.333. The predicted octanol–water partition coefficient (Wildman–Crippen LogP) is 3.52. The van der Waals surface area contributed by atoms with Gasteiger partial charge in [0.1, 0.15) is 11.6 Å². The summed E-state index contributed by atoms with van der Waals surface area (Å²) in [5, 5.41) is 9.23. The highest BCUT2D eigenvalue weighted by Crippen LogP contribution is 2.29. The summed E-state index contributed by atoms with van der Waals surface area (Å²) in [5.41, 5.74) is -1.61. The molecule has 188 valence electrons. The van der Waals surface area contributed by atoms with Crippen molar-refractivity contribution >= 4 is 33.6 Å². The van der Waals surface area contributed by atoms with Crippen LogP contribution in [0.5, 0.6) is 5.88 Å². The molecule has 0 spiro atoms. The first kappa shape index (κ1) is 26.3. The number of nitrogens with one attached hydrogen (secondary N) is 1. The smallest absolute Gasteiger partial charge is 0.347 e. The molecule has 35 heavy (non-hydrogen) atoms. The van der Waals surface area contributed by atoms with Gasteiger partial charge in [-0.05, 0) is 26.3 Å². The largest absolute Gasteiger partial charge is 0.478 e. The maximum atomic E-state index is 14.0. The van der Waals surface area contributed by atoms with E-state index in [9.17, 15) is 27.1 Å². The summed E-state index contributed by atoms with van der Waals surface area (Å²) in [7, 11) is -2.52. The molecule has 0 saturated heterocycles. The summed E-state index contributed by atoms with van der Waals surface area (Å²) in [6, 6.07) is 4.86. The molecule has 3 aromatic rings. The van der Waals surface area contributed by atoms with Crippen molar-refractivity contribution in [1.29, 1.82) is 0 Å². The molecule has 0 bridgehead atoms. The molecular formula is C21H23F2N5O5S2. The minimum atomic E-state index is -4.16. The molecule has 2 N–H and O–H groups in total. The van der Waals surface area contributed by atoms with Gasteiger partial charge in [0, 0.05) is 30.6 Å². The SMILES string of the molecule is CC[C@@](C)(Oc1cc(NS(=O)(=O)c2cn(C)c(C)n2)nc(SCc2cccc(F)c2F)n1)C(=O)O. The third kappa shape index (κ3) is 6.06. The first-order valence-electron chi connectivity index (χ1n) is 10.2. The molecule has 14 heteroatoms. The highest BCUT2D eigenvalue weighted by molar-refractivity contribution is 7.98. The molecule has 0 unspecified atom stereocenters. The van der Waals surface area contributed by atoms with Crippen molar-refractivity contribution < 1.29 is 31.8 Å². The third-order valence-corrected chi connectivity index (χ3v) is 7.25. The minimum absolute atomic E-state index is 0.0416. The van der Waals surface area contributed by atoms with Gasteiger partial charge in [0.15, 0.2) is 21.8 Å². The normalized spacial score (nSPS) is 13.3. The molecular weight excluding hydrogens is 504 g/mol. The Morgan fingerprint density at radius 2 is 2.00 bits per heavy atom. The Morgan fingerprint density at radius 1 is 1.29 bits per heavy atom. The number of sulfonamides is 1. The van der Waals surface area contributed by atoms with Crippen LogP contribution in [0, 0.1) is 18.6 Å². The van der Waals surface area contributed by atoms with E-state index >= 15 is 0 Å². The van der Waals surface area contributed by atoms with Crippen molar-refractivity contribution in [1.82, 2.24) is 19.5 Å². The van der Waals surface area contributed by atoms with Gasteiger partial charge in [-0.15, -0.1) is 0 Å². The van der Waals surface area contributed by atoms with Gasteiger partial charge in [-0.25, -0.2) is 23.5 Å². The van der Waals surface area contributed by atoms with Gasteiger partial charge in [0.05, 0.1) is 0 Å². The van der Waals surface area contributed by atoms with Crippen LogP contribution in [0.2, 0.25) is 0 Å². The first-order chi connectivity index (χ1) is 16.3. The van der Waals surface area contributed by atoms with Crippen molar-refractivity contribution in [2.24, 2.45) is 7.05 Å². The number of aliphatic carboxylic acids is 1. The van der Waals surface area contributed by atoms with E-state index < -0.39 is 33.2 Å². The number of thioether (sulfide) groups is 1. The maximum Gasteiger partial charge on any atom is 0.347 e. The van der Waals surface area contributed by atoms with Crippen LogP contribution >= 0.6 is 11.8 Å². The molecule has 2 aromatic heterocycles. The molecule has 1 atom stereocenters. The monoisotopic (exact) mass is 527 g/mol. The predicted molar refractivity (Wildman–Crippen MR) is 124 cm³/mol. The van der Waals surface area contributed by atoms with E-state index in [2.05, 4.69) is 19.7 Å². The average Bonchev–Trinajstić information content (AvgIpc) is 3.13. The number of anilines is 1. The van der Waals surface area contributed by atoms with Crippen LogP contribution < -0.4 is 9.46 Å². The van der Waals surface area contributed by atoms with E-state index in [1.807, 2.05) is 0 Å². The van der Waals surface area contributed by atoms with E-state index in [1.165, 1.54) is 29.8 Å². The van der Waals surface area contributed by atoms with E-state index in [-0.39, 0.29) is 39.6 Å². The molecule has 0 amide bonds. The van der Waals surface area contributed by atoms with Crippen LogP contribution in [-0.4, -0.2) is 44.6 Å². The molecule has 10 nitrogen and oxygen atoms in total. The molecule has 1 aromatic carbocycles. The topological polar surface area (TPSA) is 136 Å². The maximum absolute atomic E-state index is 14.0. The number of imidazole rings is 1. The van der Waals surface area contributed by atoms with Gasteiger partial charge in [0.25, 0.3) is 10.0 Å². The van der Waals surface area contributed by atoms with Crippen molar-refractivity contribution in [2.75, 3.05) is 4.72 Å². The van der Waals surface area contributed by atoms with Crippen molar-refractivity contribution in [2.45, 2.75) is 48.7 Å². The average molecular weight is 528 g/mol. The number of hydrogen-bond acceptors (Lipinski definition) is 8. The van der Waals surface area contributed by atoms with E-state index in [0.29, 0.717) is 5.82 Å². The zero-order valence-electron chi connectivity index (χ0n) is 19.2. The number of carboxylic acids is 1. The van der Waals surface area contributed by atoms with Gasteiger partial charge in [-0.3, -0.25) is 4.72 Å². The molecule has 0 saturated carbocycles. The highest BCUT2D eigenvalue weighted by Gasteiger charge is 2.34. The summed E-state index contributed by atoms with van der Waals surface area (Å²) < 4.78 is 62.6. The second kappa shape index (κ2) is 10.2. The van der Waals surface area contributed by atoms with E-state index in [1.54, 1.807) is 20.9 Å². The lowest BCUT2D eigenvalue weighted by Crippen LogP contribution is -2.41. The summed E-state index contributed by atoms with van der Waals surface area (Å²) in [6.07, 6.45) is 1.40. The van der Waals surface area contributed by atoms with Gasteiger partial charge >= 0.3 is 5.97 Å². The fourth-order valence-corrected chi connectivity index (χ4v) is 4.58. The number of nitrogens with zero attached hydrogens (tertiary/aromatic N) is 4. The molecule has 2 heterocycles. The van der Waals surface area contributed by atoms with Crippen LogP contribution in [0.1, 0.15) is 31.7 Å². The Hall–Kier alpha value is -3.26. The number of carbonyl (C=O) groups is 1. The van der Waals surface area contributed by atoms with E-state index in [4.69, 9.17) is 4.74 Å². The number of aryl methyl sites for hydroxylation is 2. The molecule has 0 aliphatic rings. The quantitative estimate of drug-likeness (QED) is 0.300. The molecule has 0 aliphatic carbocycles. The zero-order valence-corrected chi connectivity index (χ0v) is 20.9. The Balaban J connectivity index is 1.97. The summed E-state index contributed by atoms with van der Waals surface area (Å²) >= 11 is 0.884. The molecule has 0 aliphatic heterocycles. The second-order valence-electron chi connectivity index (χ2n) is 7.71. The lowest BCUT2D eigenvalue weighted by atomic mass is 10.0. The Morgan fingerprint density at radius 3 is 2.60 bits per heavy atom. The highest BCUT2D eigenvalue weighted by atomic mass is 32.2. The summed E-state index contributed by atoms with van der Waals surface area (Å²) in [6.45, 7) is 4.57. The molecule has 0 radical (unpaired) electrons. The van der Waals surface area contributed by atoms with Crippen LogP contribution in [-0.2, 0) is 27.6 Å². The van der Waals surface area contributed by atoms with Gasteiger partial charge in [-0.1, -0.05) is 30.8 Å². The number of carboxylic acid groups (broad SMARTS) is 1. The lowest BCUT2D eigenvalue weighted by molar-refractivity contribution is -0.154. The number of benzene rings is 1. The van der Waals surface area contributed by atoms with Crippen molar-refractivity contribution in [3.63, 3.8) is 0 Å². The van der Waals surface area contributed by atoms with Gasteiger partial charge in [-0.2, -0.15) is 13.4 Å². The minimum Gasteiger partial charge on any atom is -0.478 e. The van der Waals surface area contributed by atoms with Gasteiger partial charge in [0.2, 0.25) is 11.5 Å². The molecule has 0 fully saturated rings. The Bertz CT molecular complexity index is 1350. The van der Waals surface area contributed by atoms with Crippen molar-refractivity contribution in [3.8, 4) is 5.88 Å². The molecule has 3 rings (SSSR count). The number of halogens is 2. The van der Waals surface area contributed by atoms with Gasteiger partial charge < -0.3 is 14.4 Å². The Labute approximate surface area is 204 Å². The number of ether oxygens (including phenoxy) is 1. The number of hydrogen-bond donors (Lipinski definition) is 2. The second-order valence-corrected chi connectivity index (χ2v) is 10.3. The third-order valence-electron chi connectivity index (χ3n) is 5.13. The Kier molecular flexibility index (Phi) is 7.65. The van der Waals surface area contributed by atoms with E-state index in [0.717, 1.165) is 23.9 Å². The fourth-order valence-electron chi connectivity index (χ4n) is 2.72. The summed E-state index contributed by atoms with van der Waals surface area (Å²) in [4.78, 5) is 23.9. The summed E-state index contributed by atoms with van der Waals surface area (Å²) in [5.74, 6) is -3.34. The first-order valence-corrected chi connectivity index (χ1v) is 12.7. The van der Waals surface area contributed by atoms with Crippen LogP contribution in [0.4, 0.5) is 14.6 Å². The van der Waals surface area contributed by atoms with Crippen LogP contribution in [0.3, 0.4) is 0 Å². The lowest BCUT2D eigenvalue weighted by Gasteiger charge is -2.24. The van der Waals surface area contributed by atoms with Crippen molar-refractivity contribution in [3.05, 3.63) is 53.5 Å². The zero-order chi connectivity index (χ0) is 26.0.